The summed E-state index contributed by atoms with van der Waals surface area (Å²) in [5, 5.41) is 0. The molecule has 1 nitrogen and oxygen atoms in total. The highest BCUT2D eigenvalue weighted by Gasteiger charge is 2.49. The molecule has 2 heteroatoms. The predicted molar refractivity (Wildman–Crippen MR) is 66.1 cm³/mol. The fourth-order valence-corrected chi connectivity index (χ4v) is 4.51. The molecule has 0 aromatic rings. The normalized spacial score (nSPS) is 51.3. The minimum atomic E-state index is 0.117. The first-order valence-corrected chi connectivity index (χ1v) is 7.03. The van der Waals surface area contributed by atoms with Crippen molar-refractivity contribution >= 4 is 21.7 Å². The van der Waals surface area contributed by atoms with E-state index in [2.05, 4.69) is 36.7 Å². The van der Waals surface area contributed by atoms with E-state index in [1.165, 1.54) is 12.8 Å². The quantitative estimate of drug-likeness (QED) is 0.613. The van der Waals surface area contributed by atoms with Crippen LogP contribution in [0, 0.1) is 23.2 Å². The number of carbonyl (C=O) groups excluding carboxylic acids is 1. The van der Waals surface area contributed by atoms with Crippen molar-refractivity contribution in [3.8, 4) is 0 Å². The van der Waals surface area contributed by atoms with E-state index in [4.69, 9.17) is 0 Å². The molecule has 0 heterocycles. The van der Waals surface area contributed by atoms with Crippen molar-refractivity contribution in [2.45, 2.75) is 51.3 Å². The van der Waals surface area contributed by atoms with Gasteiger partial charge >= 0.3 is 0 Å². The smallest absolute Gasteiger partial charge is 0.146 e. The molecule has 0 saturated heterocycles. The number of halogens is 1. The van der Waals surface area contributed by atoms with Gasteiger partial charge in [-0.05, 0) is 36.0 Å². The zero-order valence-electron chi connectivity index (χ0n) is 9.92. The standard InChI is InChI=1S/C13H21BrO/c1-8-4-5-10-6-12(15)11(14)7-13(10,3)9(8)2/h8-11H,4-7H2,1-3H3/t8-,9+,10+,11+,13+/m0/s1. The molecule has 0 radical (unpaired) electrons. The average molecular weight is 273 g/mol. The molecular weight excluding hydrogens is 252 g/mol. The average Bonchev–Trinajstić information content (AvgIpc) is 2.18. The SMILES string of the molecule is C[C@@H]1[C@@H](C)CC[C@@H]2CC(=O)[C@H](Br)C[C@@]21C. The lowest BCUT2D eigenvalue weighted by molar-refractivity contribution is -0.128. The molecule has 0 bridgehead atoms. The van der Waals surface area contributed by atoms with E-state index in [0.29, 0.717) is 17.1 Å². The Bertz CT molecular complexity index is 276. The topological polar surface area (TPSA) is 17.1 Å². The molecule has 0 amide bonds. The van der Waals surface area contributed by atoms with Crippen molar-refractivity contribution in [2.24, 2.45) is 23.2 Å². The number of fused-ring (bicyclic) bond motifs is 1. The van der Waals surface area contributed by atoms with Gasteiger partial charge in [-0.15, -0.1) is 0 Å². The van der Waals surface area contributed by atoms with E-state index >= 15 is 0 Å². The Morgan fingerprint density at radius 3 is 2.67 bits per heavy atom. The van der Waals surface area contributed by atoms with Crippen LogP contribution in [0.3, 0.4) is 0 Å². The van der Waals surface area contributed by atoms with Crippen LogP contribution in [0.15, 0.2) is 0 Å². The summed E-state index contributed by atoms with van der Waals surface area (Å²) >= 11 is 3.55. The van der Waals surface area contributed by atoms with Crippen LogP contribution in [0.4, 0.5) is 0 Å². The third-order valence-electron chi connectivity index (χ3n) is 5.21. The number of Topliss-reactive ketones (excluding diaryl/α,β-unsaturated/α-hetero) is 1. The maximum absolute atomic E-state index is 11.7. The summed E-state index contributed by atoms with van der Waals surface area (Å²) in [6.45, 7) is 7.15. The predicted octanol–water partition coefficient (Wildman–Crippen LogP) is 3.80. The number of ketones is 1. The van der Waals surface area contributed by atoms with Crippen molar-refractivity contribution in [2.75, 3.05) is 0 Å². The van der Waals surface area contributed by atoms with Gasteiger partial charge in [0.25, 0.3) is 0 Å². The second-order valence-electron chi connectivity index (χ2n) is 5.89. The minimum Gasteiger partial charge on any atom is -0.298 e. The van der Waals surface area contributed by atoms with Crippen molar-refractivity contribution in [3.63, 3.8) is 0 Å². The summed E-state index contributed by atoms with van der Waals surface area (Å²) < 4.78 is 0. The lowest BCUT2D eigenvalue weighted by Crippen LogP contribution is -2.48. The van der Waals surface area contributed by atoms with E-state index in [1.807, 2.05) is 0 Å². The molecule has 0 aromatic heterocycles. The van der Waals surface area contributed by atoms with Gasteiger partial charge in [0.15, 0.2) is 0 Å². The molecule has 2 aliphatic rings. The fraction of sp³-hybridized carbons (Fsp3) is 0.923. The van der Waals surface area contributed by atoms with Gasteiger partial charge in [0.1, 0.15) is 5.78 Å². The summed E-state index contributed by atoms with van der Waals surface area (Å²) in [6.07, 6.45) is 4.42. The highest BCUT2D eigenvalue weighted by molar-refractivity contribution is 9.10. The second kappa shape index (κ2) is 3.87. The number of hydrogen-bond donors (Lipinski definition) is 0. The van der Waals surface area contributed by atoms with Crippen LogP contribution in [-0.2, 0) is 4.79 Å². The van der Waals surface area contributed by atoms with Gasteiger partial charge in [0.2, 0.25) is 0 Å². The molecule has 0 aromatic carbocycles. The Morgan fingerprint density at radius 1 is 1.33 bits per heavy atom. The largest absolute Gasteiger partial charge is 0.298 e. The van der Waals surface area contributed by atoms with Gasteiger partial charge in [-0.25, -0.2) is 0 Å². The maximum atomic E-state index is 11.7. The number of carbonyl (C=O) groups is 1. The van der Waals surface area contributed by atoms with Gasteiger partial charge in [-0.2, -0.15) is 0 Å². The summed E-state index contributed by atoms with van der Waals surface area (Å²) in [4.78, 5) is 11.8. The molecule has 2 fully saturated rings. The van der Waals surface area contributed by atoms with Crippen LogP contribution in [0.5, 0.6) is 0 Å². The highest BCUT2D eigenvalue weighted by atomic mass is 79.9. The number of alkyl halides is 1. The van der Waals surface area contributed by atoms with Crippen molar-refractivity contribution in [1.82, 2.24) is 0 Å². The first-order chi connectivity index (χ1) is 6.95. The highest BCUT2D eigenvalue weighted by Crippen LogP contribution is 2.55. The molecular formula is C13H21BrO. The Morgan fingerprint density at radius 2 is 2.00 bits per heavy atom. The first kappa shape index (κ1) is 11.6. The van der Waals surface area contributed by atoms with Gasteiger partial charge in [-0.3, -0.25) is 4.79 Å². The Balaban J connectivity index is 2.24. The van der Waals surface area contributed by atoms with E-state index in [0.717, 1.165) is 24.7 Å². The van der Waals surface area contributed by atoms with Gasteiger partial charge in [0.05, 0.1) is 4.83 Å². The molecule has 0 unspecified atom stereocenters. The molecule has 2 saturated carbocycles. The monoisotopic (exact) mass is 272 g/mol. The molecule has 0 N–H and O–H groups in total. The Hall–Kier alpha value is 0.150. The van der Waals surface area contributed by atoms with Crippen LogP contribution in [-0.4, -0.2) is 10.6 Å². The zero-order chi connectivity index (χ0) is 11.2. The number of rotatable bonds is 0. The van der Waals surface area contributed by atoms with Gasteiger partial charge in [-0.1, -0.05) is 43.1 Å². The third-order valence-corrected chi connectivity index (χ3v) is 6.05. The number of hydrogen-bond acceptors (Lipinski definition) is 1. The summed E-state index contributed by atoms with van der Waals surface area (Å²) in [6, 6.07) is 0. The first-order valence-electron chi connectivity index (χ1n) is 6.12. The van der Waals surface area contributed by atoms with Gasteiger partial charge in [0, 0.05) is 6.42 Å². The molecule has 15 heavy (non-hydrogen) atoms. The molecule has 0 spiro atoms. The van der Waals surface area contributed by atoms with E-state index in [-0.39, 0.29) is 4.83 Å². The van der Waals surface area contributed by atoms with Gasteiger partial charge < -0.3 is 0 Å². The zero-order valence-corrected chi connectivity index (χ0v) is 11.5. The fourth-order valence-electron chi connectivity index (χ4n) is 3.62. The molecule has 86 valence electrons. The maximum Gasteiger partial charge on any atom is 0.146 e. The van der Waals surface area contributed by atoms with Crippen molar-refractivity contribution in [3.05, 3.63) is 0 Å². The lowest BCUT2D eigenvalue weighted by atomic mass is 9.53. The van der Waals surface area contributed by atoms with Crippen molar-refractivity contribution in [1.29, 1.82) is 0 Å². The Kier molecular flexibility index (Phi) is 3.00. The van der Waals surface area contributed by atoms with Crippen LogP contribution in [0.25, 0.3) is 0 Å². The van der Waals surface area contributed by atoms with Crippen LogP contribution in [0.2, 0.25) is 0 Å². The molecule has 5 atom stereocenters. The van der Waals surface area contributed by atoms with Crippen LogP contribution in [0.1, 0.15) is 46.5 Å². The third kappa shape index (κ3) is 1.79. The molecule has 2 aliphatic carbocycles. The summed E-state index contributed by atoms with van der Waals surface area (Å²) in [7, 11) is 0. The van der Waals surface area contributed by atoms with E-state index in [1.54, 1.807) is 0 Å². The Labute approximate surface area is 101 Å². The minimum absolute atomic E-state index is 0.117. The lowest BCUT2D eigenvalue weighted by Gasteiger charge is -2.52. The second-order valence-corrected chi connectivity index (χ2v) is 6.99. The summed E-state index contributed by atoms with van der Waals surface area (Å²) in [5.41, 5.74) is 0.389. The summed E-state index contributed by atoms with van der Waals surface area (Å²) in [5.74, 6) is 2.65. The molecule has 0 aliphatic heterocycles. The molecule has 2 rings (SSSR count). The van der Waals surface area contributed by atoms with E-state index < -0.39 is 0 Å². The van der Waals surface area contributed by atoms with Crippen LogP contribution >= 0.6 is 15.9 Å². The van der Waals surface area contributed by atoms with Crippen LogP contribution < -0.4 is 0 Å². The van der Waals surface area contributed by atoms with E-state index in [9.17, 15) is 4.79 Å². The van der Waals surface area contributed by atoms with Crippen molar-refractivity contribution < 1.29 is 4.79 Å².